The van der Waals surface area contributed by atoms with Crippen molar-refractivity contribution in [3.8, 4) is 5.75 Å². The summed E-state index contributed by atoms with van der Waals surface area (Å²) in [5, 5.41) is 3.18. The van der Waals surface area contributed by atoms with Gasteiger partial charge in [-0.1, -0.05) is 6.07 Å². The van der Waals surface area contributed by atoms with Gasteiger partial charge in [-0.2, -0.15) is 0 Å². The summed E-state index contributed by atoms with van der Waals surface area (Å²) >= 11 is 0. The van der Waals surface area contributed by atoms with Gasteiger partial charge in [0.25, 0.3) is 0 Å². The van der Waals surface area contributed by atoms with Crippen LogP contribution in [0.2, 0.25) is 0 Å². The number of ether oxygens (including phenoxy) is 1. The molecule has 1 aromatic carbocycles. The molecule has 1 N–H and O–H groups in total. The third-order valence-electron chi connectivity index (χ3n) is 5.19. The van der Waals surface area contributed by atoms with Gasteiger partial charge in [0.15, 0.2) is 0 Å². The first-order chi connectivity index (χ1) is 12.0. The number of hydrogen-bond acceptors (Lipinski definition) is 4. The quantitative estimate of drug-likeness (QED) is 0.877. The fraction of sp³-hybridized carbons (Fsp3) is 0.579. The van der Waals surface area contributed by atoms with Gasteiger partial charge in [0.05, 0.1) is 18.7 Å². The minimum Gasteiger partial charge on any atom is -0.495 e. The normalized spacial score (nSPS) is 23.4. The van der Waals surface area contributed by atoms with Gasteiger partial charge < -0.3 is 19.9 Å². The lowest BCUT2D eigenvalue weighted by Gasteiger charge is -2.22. The van der Waals surface area contributed by atoms with Gasteiger partial charge in [0, 0.05) is 26.1 Å². The van der Waals surface area contributed by atoms with E-state index in [1.54, 1.807) is 12.0 Å². The van der Waals surface area contributed by atoms with E-state index in [2.05, 4.69) is 5.32 Å². The fourth-order valence-corrected chi connectivity index (χ4v) is 3.86. The minimum atomic E-state index is -0.258. The Labute approximate surface area is 149 Å². The summed E-state index contributed by atoms with van der Waals surface area (Å²) in [5.74, 6) is 1.03. The number of likely N-dealkylation sites (tertiary alicyclic amines) is 1. The molecule has 2 aliphatic heterocycles. The molecule has 0 bridgehead atoms. The topological polar surface area (TPSA) is 61.9 Å². The maximum absolute atomic E-state index is 12.8. The SMILES string of the molecule is CNCC1CCN(C(=O)C2CC(=O)N(c3cc(C)ccc3OC)C2)C1. The second-order valence-corrected chi connectivity index (χ2v) is 7.08. The van der Waals surface area contributed by atoms with Crippen LogP contribution in [0.15, 0.2) is 18.2 Å². The first-order valence-electron chi connectivity index (χ1n) is 8.92. The largest absolute Gasteiger partial charge is 0.495 e. The monoisotopic (exact) mass is 345 g/mol. The average Bonchev–Trinajstić information content (AvgIpc) is 3.21. The number of aryl methyl sites for hydroxylation is 1. The summed E-state index contributed by atoms with van der Waals surface area (Å²) in [4.78, 5) is 29.0. The minimum absolute atomic E-state index is 0.00628. The van der Waals surface area contributed by atoms with Crippen molar-refractivity contribution >= 4 is 17.5 Å². The van der Waals surface area contributed by atoms with Crippen molar-refractivity contribution in [2.24, 2.45) is 11.8 Å². The van der Waals surface area contributed by atoms with Crippen molar-refractivity contribution in [1.82, 2.24) is 10.2 Å². The van der Waals surface area contributed by atoms with Gasteiger partial charge >= 0.3 is 0 Å². The summed E-state index contributed by atoms with van der Waals surface area (Å²) < 4.78 is 5.40. The van der Waals surface area contributed by atoms with E-state index < -0.39 is 0 Å². The highest BCUT2D eigenvalue weighted by Gasteiger charge is 2.39. The molecule has 3 rings (SSSR count). The van der Waals surface area contributed by atoms with E-state index in [4.69, 9.17) is 4.74 Å². The van der Waals surface area contributed by atoms with Crippen LogP contribution in [0.25, 0.3) is 0 Å². The van der Waals surface area contributed by atoms with Crippen LogP contribution in [0, 0.1) is 18.8 Å². The van der Waals surface area contributed by atoms with Crippen LogP contribution < -0.4 is 15.0 Å². The zero-order valence-corrected chi connectivity index (χ0v) is 15.2. The smallest absolute Gasteiger partial charge is 0.228 e. The van der Waals surface area contributed by atoms with Crippen molar-refractivity contribution in [3.63, 3.8) is 0 Å². The van der Waals surface area contributed by atoms with E-state index in [-0.39, 0.29) is 24.2 Å². The number of nitrogens with zero attached hydrogens (tertiary/aromatic N) is 2. The van der Waals surface area contributed by atoms with Crippen molar-refractivity contribution in [2.75, 3.05) is 45.2 Å². The summed E-state index contributed by atoms with van der Waals surface area (Å²) in [6.07, 6.45) is 1.31. The number of amides is 2. The van der Waals surface area contributed by atoms with Crippen LogP contribution in [0.5, 0.6) is 5.75 Å². The third kappa shape index (κ3) is 3.63. The molecule has 2 heterocycles. The molecule has 2 fully saturated rings. The summed E-state index contributed by atoms with van der Waals surface area (Å²) in [5.41, 5.74) is 1.82. The number of carbonyl (C=O) groups is 2. The van der Waals surface area contributed by atoms with Gasteiger partial charge in [-0.05, 0) is 50.6 Å². The van der Waals surface area contributed by atoms with Crippen molar-refractivity contribution in [2.45, 2.75) is 19.8 Å². The molecule has 6 nitrogen and oxygen atoms in total. The molecule has 1 aromatic rings. The highest BCUT2D eigenvalue weighted by atomic mass is 16.5. The van der Waals surface area contributed by atoms with E-state index in [0.717, 1.165) is 37.3 Å². The lowest BCUT2D eigenvalue weighted by atomic mass is 10.1. The molecule has 0 radical (unpaired) electrons. The lowest BCUT2D eigenvalue weighted by Crippen LogP contribution is -2.36. The number of anilines is 1. The molecule has 2 unspecified atom stereocenters. The van der Waals surface area contributed by atoms with Crippen molar-refractivity contribution in [3.05, 3.63) is 23.8 Å². The molecular weight excluding hydrogens is 318 g/mol. The molecule has 0 spiro atoms. The third-order valence-corrected chi connectivity index (χ3v) is 5.19. The molecule has 2 saturated heterocycles. The zero-order valence-electron chi connectivity index (χ0n) is 15.2. The van der Waals surface area contributed by atoms with E-state index in [1.807, 2.05) is 37.1 Å². The van der Waals surface area contributed by atoms with Crippen molar-refractivity contribution in [1.29, 1.82) is 0 Å². The van der Waals surface area contributed by atoms with Crippen LogP contribution >= 0.6 is 0 Å². The number of methoxy groups -OCH3 is 1. The standard InChI is InChI=1S/C19H27N3O3/c1-13-4-5-17(25-3)16(8-13)22-12-15(9-18(22)23)19(24)21-7-6-14(11-21)10-20-2/h4-5,8,14-15,20H,6-7,9-12H2,1-3H3. The van der Waals surface area contributed by atoms with Crippen LogP contribution in [-0.2, 0) is 9.59 Å². The summed E-state index contributed by atoms with van der Waals surface area (Å²) in [6, 6.07) is 5.77. The van der Waals surface area contributed by atoms with Gasteiger partial charge in [-0.25, -0.2) is 0 Å². The van der Waals surface area contributed by atoms with Crippen LogP contribution in [0.1, 0.15) is 18.4 Å². The van der Waals surface area contributed by atoms with E-state index in [0.29, 0.717) is 18.2 Å². The number of carbonyl (C=O) groups excluding carboxylic acids is 2. The number of nitrogens with one attached hydrogen (secondary N) is 1. The molecule has 2 aliphatic rings. The van der Waals surface area contributed by atoms with E-state index in [9.17, 15) is 9.59 Å². The molecule has 2 atom stereocenters. The van der Waals surface area contributed by atoms with E-state index in [1.165, 1.54) is 0 Å². The average molecular weight is 345 g/mol. The Hall–Kier alpha value is -2.08. The number of rotatable bonds is 5. The highest BCUT2D eigenvalue weighted by Crippen LogP contribution is 2.34. The Morgan fingerprint density at radius 2 is 2.16 bits per heavy atom. The van der Waals surface area contributed by atoms with Crippen LogP contribution in [-0.4, -0.2) is 57.1 Å². The number of hydrogen-bond donors (Lipinski definition) is 1. The number of benzene rings is 1. The molecule has 25 heavy (non-hydrogen) atoms. The second kappa shape index (κ2) is 7.44. The van der Waals surface area contributed by atoms with Gasteiger partial charge in [0.2, 0.25) is 11.8 Å². The second-order valence-electron chi connectivity index (χ2n) is 7.08. The van der Waals surface area contributed by atoms with Gasteiger partial charge in [-0.15, -0.1) is 0 Å². The van der Waals surface area contributed by atoms with Crippen LogP contribution in [0.4, 0.5) is 5.69 Å². The van der Waals surface area contributed by atoms with Crippen molar-refractivity contribution < 1.29 is 14.3 Å². The molecule has 136 valence electrons. The Bertz CT molecular complexity index is 661. The molecule has 6 heteroatoms. The molecule has 0 aliphatic carbocycles. The summed E-state index contributed by atoms with van der Waals surface area (Å²) in [6.45, 7) is 4.94. The Morgan fingerprint density at radius 1 is 1.36 bits per heavy atom. The Morgan fingerprint density at radius 3 is 2.88 bits per heavy atom. The maximum atomic E-state index is 12.8. The summed E-state index contributed by atoms with van der Waals surface area (Å²) in [7, 11) is 3.54. The Kier molecular flexibility index (Phi) is 5.27. The zero-order chi connectivity index (χ0) is 18.0. The molecule has 2 amide bonds. The fourth-order valence-electron chi connectivity index (χ4n) is 3.86. The van der Waals surface area contributed by atoms with Gasteiger partial charge in [0.1, 0.15) is 5.75 Å². The van der Waals surface area contributed by atoms with E-state index >= 15 is 0 Å². The first kappa shape index (κ1) is 17.7. The maximum Gasteiger partial charge on any atom is 0.228 e. The predicted molar refractivity (Wildman–Crippen MR) is 96.8 cm³/mol. The highest BCUT2D eigenvalue weighted by molar-refractivity contribution is 6.01. The lowest BCUT2D eigenvalue weighted by molar-refractivity contribution is -0.134. The molecule has 0 saturated carbocycles. The van der Waals surface area contributed by atoms with Gasteiger partial charge in [-0.3, -0.25) is 9.59 Å². The predicted octanol–water partition coefficient (Wildman–Crippen LogP) is 1.42. The molecular formula is C19H27N3O3. The first-order valence-corrected chi connectivity index (χ1v) is 8.92. The molecule has 0 aromatic heterocycles. The van der Waals surface area contributed by atoms with Crippen LogP contribution in [0.3, 0.4) is 0 Å². The Balaban J connectivity index is 1.71.